The Hall–Kier alpha value is -2.85. The van der Waals surface area contributed by atoms with Crippen LogP contribution in [-0.2, 0) is 6.42 Å². The van der Waals surface area contributed by atoms with Gasteiger partial charge in [-0.1, -0.05) is 12.1 Å². The van der Waals surface area contributed by atoms with E-state index in [-0.39, 0.29) is 35.7 Å². The van der Waals surface area contributed by atoms with Crippen molar-refractivity contribution in [2.45, 2.75) is 43.7 Å². The number of hydrogen-bond donors (Lipinski definition) is 7. The van der Waals surface area contributed by atoms with E-state index in [0.717, 1.165) is 17.7 Å². The molecule has 7 N–H and O–H groups in total. The molecule has 0 aliphatic heterocycles. The Morgan fingerprint density at radius 1 is 0.935 bits per heavy atom. The molecule has 1 aliphatic rings. The van der Waals surface area contributed by atoms with E-state index in [4.69, 9.17) is 4.74 Å². The summed E-state index contributed by atoms with van der Waals surface area (Å²) in [4.78, 5) is 12.8. The number of rotatable bonds is 7. The van der Waals surface area contributed by atoms with Crippen molar-refractivity contribution >= 4 is 5.78 Å². The molecule has 9 heteroatoms. The number of Topliss-reactive ketones (excluding diaryl/α,β-unsaturated/α-hetero) is 1. The van der Waals surface area contributed by atoms with Crippen molar-refractivity contribution < 1.29 is 45.3 Å². The molecule has 0 radical (unpaired) electrons. The maximum Gasteiger partial charge on any atom is 0.170 e. The molecule has 2 aromatic rings. The molecular formula is C22H26O9. The second-order valence-electron chi connectivity index (χ2n) is 7.73. The number of carbonyl (C=O) groups excluding carboxylic acids is 1. The third kappa shape index (κ3) is 5.08. The van der Waals surface area contributed by atoms with Crippen LogP contribution in [0.3, 0.4) is 0 Å². The Morgan fingerprint density at radius 3 is 2.26 bits per heavy atom. The van der Waals surface area contributed by atoms with E-state index in [1.807, 2.05) is 0 Å². The highest BCUT2D eigenvalue weighted by molar-refractivity contribution is 6.01. The number of benzene rings is 2. The van der Waals surface area contributed by atoms with Gasteiger partial charge in [0.1, 0.15) is 46.9 Å². The predicted octanol–water partition coefficient (Wildman–Crippen LogP) is 0.461. The lowest BCUT2D eigenvalue weighted by molar-refractivity contribution is -0.157. The lowest BCUT2D eigenvalue weighted by Crippen LogP contribution is -2.56. The Morgan fingerprint density at radius 2 is 1.61 bits per heavy atom. The molecule has 0 spiro atoms. The highest BCUT2D eigenvalue weighted by atomic mass is 16.5. The fourth-order valence-corrected chi connectivity index (χ4v) is 3.75. The van der Waals surface area contributed by atoms with Crippen molar-refractivity contribution in [3.05, 3.63) is 47.5 Å². The predicted molar refractivity (Wildman–Crippen MR) is 108 cm³/mol. The summed E-state index contributed by atoms with van der Waals surface area (Å²) in [6.45, 7) is -0.450. The molecular weight excluding hydrogens is 408 g/mol. The molecule has 0 saturated heterocycles. The van der Waals surface area contributed by atoms with Gasteiger partial charge in [0.25, 0.3) is 0 Å². The van der Waals surface area contributed by atoms with Crippen LogP contribution in [0.5, 0.6) is 23.0 Å². The molecule has 3 rings (SSSR count). The number of ether oxygens (including phenoxy) is 1. The monoisotopic (exact) mass is 434 g/mol. The van der Waals surface area contributed by atoms with Crippen molar-refractivity contribution in [2.75, 3.05) is 6.61 Å². The van der Waals surface area contributed by atoms with E-state index in [9.17, 15) is 40.5 Å². The van der Waals surface area contributed by atoms with Gasteiger partial charge in [0.15, 0.2) is 5.78 Å². The van der Waals surface area contributed by atoms with Gasteiger partial charge in [0.2, 0.25) is 0 Å². The standard InChI is InChI=1S/C22H26O9/c23-10-12-7-18(21(29)22(30)20(12)28)31-17-9-14(25)8-16(27)19(17)15(26)6-3-11-1-4-13(24)5-2-11/h1-2,4-5,8-9,12,18,20-25,27-30H,3,6-7,10H2. The molecule has 1 aliphatic carbocycles. The van der Waals surface area contributed by atoms with Crippen molar-refractivity contribution in [1.82, 2.24) is 0 Å². The lowest BCUT2D eigenvalue weighted by atomic mass is 9.81. The molecule has 0 amide bonds. The smallest absolute Gasteiger partial charge is 0.170 e. The largest absolute Gasteiger partial charge is 0.508 e. The average molecular weight is 434 g/mol. The van der Waals surface area contributed by atoms with E-state index >= 15 is 0 Å². The van der Waals surface area contributed by atoms with Crippen LogP contribution < -0.4 is 4.74 Å². The van der Waals surface area contributed by atoms with Crippen molar-refractivity contribution in [1.29, 1.82) is 0 Å². The molecule has 5 unspecified atom stereocenters. The molecule has 0 bridgehead atoms. The minimum absolute atomic E-state index is 0.00665. The summed E-state index contributed by atoms with van der Waals surface area (Å²) in [7, 11) is 0. The molecule has 168 valence electrons. The summed E-state index contributed by atoms with van der Waals surface area (Å²) in [6.07, 6.45) is -5.23. The minimum atomic E-state index is -1.57. The first kappa shape index (κ1) is 22.8. The Labute approximate surface area is 178 Å². The molecule has 1 saturated carbocycles. The Kier molecular flexibility index (Phi) is 7.01. The summed E-state index contributed by atoms with van der Waals surface area (Å²) in [5.74, 6) is -2.20. The number of phenols is 3. The third-order valence-electron chi connectivity index (χ3n) is 5.53. The summed E-state index contributed by atoms with van der Waals surface area (Å²) in [5.41, 5.74) is 0.599. The number of aryl methyl sites for hydroxylation is 1. The van der Waals surface area contributed by atoms with Gasteiger partial charge < -0.3 is 40.5 Å². The van der Waals surface area contributed by atoms with Crippen LogP contribution in [0.4, 0.5) is 0 Å². The van der Waals surface area contributed by atoms with Gasteiger partial charge in [0.05, 0.1) is 6.10 Å². The molecule has 2 aromatic carbocycles. The average Bonchev–Trinajstić information content (AvgIpc) is 2.73. The van der Waals surface area contributed by atoms with Gasteiger partial charge in [-0.05, 0) is 30.5 Å². The van der Waals surface area contributed by atoms with Gasteiger partial charge in [-0.15, -0.1) is 0 Å². The fourth-order valence-electron chi connectivity index (χ4n) is 3.75. The van der Waals surface area contributed by atoms with E-state index in [0.29, 0.717) is 6.42 Å². The second-order valence-corrected chi connectivity index (χ2v) is 7.73. The van der Waals surface area contributed by atoms with Crippen LogP contribution in [0, 0.1) is 5.92 Å². The molecule has 0 aromatic heterocycles. The van der Waals surface area contributed by atoms with Crippen molar-refractivity contribution in [3.8, 4) is 23.0 Å². The van der Waals surface area contributed by atoms with Gasteiger partial charge in [-0.3, -0.25) is 4.79 Å². The highest BCUT2D eigenvalue weighted by Gasteiger charge is 2.44. The van der Waals surface area contributed by atoms with Crippen LogP contribution >= 0.6 is 0 Å². The van der Waals surface area contributed by atoms with Crippen molar-refractivity contribution in [3.63, 3.8) is 0 Å². The summed E-state index contributed by atoms with van der Waals surface area (Å²) in [5, 5.41) is 69.2. The summed E-state index contributed by atoms with van der Waals surface area (Å²) < 4.78 is 5.69. The molecule has 1 fully saturated rings. The van der Waals surface area contributed by atoms with Gasteiger partial charge in [-0.2, -0.15) is 0 Å². The number of phenolic OH excluding ortho intramolecular Hbond substituents is 3. The normalized spacial score (nSPS) is 25.9. The number of aromatic hydroxyl groups is 3. The van der Waals surface area contributed by atoms with E-state index in [1.165, 1.54) is 12.1 Å². The van der Waals surface area contributed by atoms with Crippen LogP contribution in [0.15, 0.2) is 36.4 Å². The van der Waals surface area contributed by atoms with E-state index in [1.54, 1.807) is 12.1 Å². The highest BCUT2D eigenvalue weighted by Crippen LogP contribution is 2.37. The van der Waals surface area contributed by atoms with Gasteiger partial charge in [0, 0.05) is 31.1 Å². The van der Waals surface area contributed by atoms with E-state index in [2.05, 4.69) is 0 Å². The lowest BCUT2D eigenvalue weighted by Gasteiger charge is -2.39. The van der Waals surface area contributed by atoms with Gasteiger partial charge >= 0.3 is 0 Å². The van der Waals surface area contributed by atoms with E-state index < -0.39 is 48.5 Å². The third-order valence-corrected chi connectivity index (χ3v) is 5.53. The zero-order chi connectivity index (χ0) is 22.7. The minimum Gasteiger partial charge on any atom is -0.508 e. The van der Waals surface area contributed by atoms with Crippen molar-refractivity contribution in [2.24, 2.45) is 5.92 Å². The first-order valence-corrected chi connectivity index (χ1v) is 9.90. The number of aliphatic hydroxyl groups excluding tert-OH is 4. The van der Waals surface area contributed by atoms with Gasteiger partial charge in [-0.25, -0.2) is 0 Å². The molecule has 9 nitrogen and oxygen atoms in total. The topological polar surface area (TPSA) is 168 Å². The zero-order valence-electron chi connectivity index (χ0n) is 16.6. The van der Waals surface area contributed by atoms with Crippen LogP contribution in [0.25, 0.3) is 0 Å². The first-order valence-electron chi connectivity index (χ1n) is 9.90. The Balaban J connectivity index is 1.82. The maximum absolute atomic E-state index is 12.8. The summed E-state index contributed by atoms with van der Waals surface area (Å²) >= 11 is 0. The summed E-state index contributed by atoms with van der Waals surface area (Å²) in [6, 6.07) is 8.43. The quantitative estimate of drug-likeness (QED) is 0.306. The SMILES string of the molecule is O=C(CCc1ccc(O)cc1)c1c(O)cc(O)cc1OC1CC(CO)C(O)C(O)C1O. The Bertz CT molecular complexity index is 910. The number of aliphatic hydroxyl groups is 4. The van der Waals surface area contributed by atoms with Crippen LogP contribution in [-0.4, -0.2) is 72.6 Å². The maximum atomic E-state index is 12.8. The number of ketones is 1. The fraction of sp³-hybridized carbons (Fsp3) is 0.409. The number of hydrogen-bond acceptors (Lipinski definition) is 9. The molecule has 5 atom stereocenters. The van der Waals surface area contributed by atoms with Crippen LogP contribution in [0.1, 0.15) is 28.8 Å². The second kappa shape index (κ2) is 9.52. The van der Waals surface area contributed by atoms with Crippen LogP contribution in [0.2, 0.25) is 0 Å². The molecule has 0 heterocycles. The number of carbonyl (C=O) groups is 1. The molecule has 31 heavy (non-hydrogen) atoms. The first-order chi connectivity index (χ1) is 14.7. The zero-order valence-corrected chi connectivity index (χ0v) is 16.6.